The summed E-state index contributed by atoms with van der Waals surface area (Å²) in [5, 5.41) is 0.217. The number of aromatic nitrogens is 3. The number of fused-ring (bicyclic) bond motifs is 1. The number of benzene rings is 2. The van der Waals surface area contributed by atoms with Gasteiger partial charge in [-0.3, -0.25) is 9.59 Å². The van der Waals surface area contributed by atoms with Gasteiger partial charge in [0.1, 0.15) is 17.3 Å². The SMILES string of the molecule is COc1cc(C(=O)c2cc(Cl)cn(C3CCOc4ccc(F)cc43)c2=O)ccc1-n1cnc(C)c1. The largest absolute Gasteiger partial charge is 0.495 e. The molecule has 35 heavy (non-hydrogen) atoms. The van der Waals surface area contributed by atoms with E-state index in [0.717, 1.165) is 5.69 Å². The van der Waals surface area contributed by atoms with Crippen LogP contribution in [-0.4, -0.2) is 33.6 Å². The zero-order valence-electron chi connectivity index (χ0n) is 19.0. The van der Waals surface area contributed by atoms with Gasteiger partial charge in [0.25, 0.3) is 5.56 Å². The maximum Gasteiger partial charge on any atom is 0.262 e. The van der Waals surface area contributed by atoms with Gasteiger partial charge in [0, 0.05) is 29.9 Å². The Balaban J connectivity index is 1.57. The summed E-state index contributed by atoms with van der Waals surface area (Å²) in [4.78, 5) is 31.1. The van der Waals surface area contributed by atoms with Gasteiger partial charge in [-0.05, 0) is 49.4 Å². The Bertz CT molecular complexity index is 1510. The molecule has 0 aliphatic carbocycles. The predicted molar refractivity (Wildman–Crippen MR) is 129 cm³/mol. The van der Waals surface area contributed by atoms with Gasteiger partial charge in [0.2, 0.25) is 0 Å². The average Bonchev–Trinajstić information content (AvgIpc) is 3.30. The van der Waals surface area contributed by atoms with Gasteiger partial charge in [-0.1, -0.05) is 11.6 Å². The predicted octanol–water partition coefficient (Wildman–Crippen LogP) is 4.75. The van der Waals surface area contributed by atoms with Gasteiger partial charge < -0.3 is 18.6 Å². The Kier molecular flexibility index (Phi) is 5.90. The number of carbonyl (C=O) groups excluding carboxylic acids is 1. The first-order chi connectivity index (χ1) is 16.9. The van der Waals surface area contributed by atoms with E-state index in [-0.39, 0.29) is 16.1 Å². The van der Waals surface area contributed by atoms with Gasteiger partial charge in [0.15, 0.2) is 5.78 Å². The van der Waals surface area contributed by atoms with Crippen molar-refractivity contribution < 1.29 is 18.7 Å². The highest BCUT2D eigenvalue weighted by atomic mass is 35.5. The van der Waals surface area contributed by atoms with Gasteiger partial charge in [-0.25, -0.2) is 9.37 Å². The molecule has 1 atom stereocenters. The van der Waals surface area contributed by atoms with E-state index in [0.29, 0.717) is 35.8 Å². The van der Waals surface area contributed by atoms with Gasteiger partial charge in [0.05, 0.1) is 48.1 Å². The first-order valence-corrected chi connectivity index (χ1v) is 11.3. The molecule has 5 rings (SSSR count). The van der Waals surface area contributed by atoms with Gasteiger partial charge >= 0.3 is 0 Å². The summed E-state index contributed by atoms with van der Waals surface area (Å²) < 4.78 is 28.3. The first-order valence-electron chi connectivity index (χ1n) is 10.9. The third kappa shape index (κ3) is 4.21. The quantitative estimate of drug-likeness (QED) is 0.375. The fraction of sp³-hybridized carbons (Fsp3) is 0.192. The molecule has 0 saturated heterocycles. The molecule has 1 aliphatic rings. The minimum absolute atomic E-state index is 0.0878. The van der Waals surface area contributed by atoms with Crippen molar-refractivity contribution in [1.82, 2.24) is 14.1 Å². The van der Waals surface area contributed by atoms with E-state index in [4.69, 9.17) is 21.1 Å². The maximum atomic E-state index is 14.0. The summed E-state index contributed by atoms with van der Waals surface area (Å²) in [6.45, 7) is 2.22. The highest BCUT2D eigenvalue weighted by Crippen LogP contribution is 2.35. The molecule has 1 unspecified atom stereocenters. The number of nitrogens with zero attached hydrogens (tertiary/aromatic N) is 3. The molecule has 9 heteroatoms. The van der Waals surface area contributed by atoms with Crippen LogP contribution in [0.15, 0.2) is 66.0 Å². The zero-order chi connectivity index (χ0) is 24.7. The van der Waals surface area contributed by atoms with Crippen molar-refractivity contribution in [3.63, 3.8) is 0 Å². The fourth-order valence-electron chi connectivity index (χ4n) is 4.34. The fourth-order valence-corrected chi connectivity index (χ4v) is 4.55. The number of ketones is 1. The topological polar surface area (TPSA) is 75.3 Å². The van der Waals surface area contributed by atoms with E-state index < -0.39 is 23.2 Å². The van der Waals surface area contributed by atoms with E-state index in [2.05, 4.69) is 4.98 Å². The van der Waals surface area contributed by atoms with Crippen LogP contribution in [0.5, 0.6) is 11.5 Å². The van der Waals surface area contributed by atoms with E-state index in [9.17, 15) is 14.0 Å². The Morgan fingerprint density at radius 3 is 2.77 bits per heavy atom. The number of hydrogen-bond acceptors (Lipinski definition) is 5. The lowest BCUT2D eigenvalue weighted by atomic mass is 9.98. The molecule has 0 radical (unpaired) electrons. The van der Waals surface area contributed by atoms with Crippen LogP contribution in [0.4, 0.5) is 4.39 Å². The first kappa shape index (κ1) is 22.9. The minimum Gasteiger partial charge on any atom is -0.495 e. The summed E-state index contributed by atoms with van der Waals surface area (Å²) >= 11 is 6.34. The van der Waals surface area contributed by atoms with Crippen LogP contribution in [0.3, 0.4) is 0 Å². The zero-order valence-corrected chi connectivity index (χ0v) is 19.8. The monoisotopic (exact) mass is 493 g/mol. The number of rotatable bonds is 5. The lowest BCUT2D eigenvalue weighted by molar-refractivity contribution is 0.103. The molecule has 0 spiro atoms. The Morgan fingerprint density at radius 2 is 2.03 bits per heavy atom. The summed E-state index contributed by atoms with van der Waals surface area (Å²) in [6, 6.07) is 9.95. The average molecular weight is 494 g/mol. The number of halogens is 2. The molecule has 1 aliphatic heterocycles. The van der Waals surface area contributed by atoms with Crippen LogP contribution < -0.4 is 15.0 Å². The molecule has 0 N–H and O–H groups in total. The highest BCUT2D eigenvalue weighted by molar-refractivity contribution is 6.31. The molecule has 0 amide bonds. The number of pyridine rings is 1. The molecule has 3 heterocycles. The second kappa shape index (κ2) is 9.03. The van der Waals surface area contributed by atoms with Crippen molar-refractivity contribution in [2.24, 2.45) is 0 Å². The molecule has 0 fully saturated rings. The minimum atomic E-state index is -0.520. The summed E-state index contributed by atoms with van der Waals surface area (Å²) in [5.74, 6) is 0.0113. The van der Waals surface area contributed by atoms with Crippen LogP contribution >= 0.6 is 11.6 Å². The number of imidazole rings is 1. The Morgan fingerprint density at radius 1 is 1.20 bits per heavy atom. The van der Waals surface area contributed by atoms with E-state index in [1.807, 2.05) is 13.1 Å². The molecular weight excluding hydrogens is 473 g/mol. The van der Waals surface area contributed by atoms with Crippen LogP contribution in [-0.2, 0) is 0 Å². The van der Waals surface area contributed by atoms with Crippen LogP contribution in [0.25, 0.3) is 5.69 Å². The summed E-state index contributed by atoms with van der Waals surface area (Å²) in [5.41, 5.74) is 1.73. The molecule has 2 aromatic heterocycles. The number of ether oxygens (including phenoxy) is 2. The van der Waals surface area contributed by atoms with Gasteiger partial charge in [-0.15, -0.1) is 0 Å². The molecule has 0 bridgehead atoms. The number of hydrogen-bond donors (Lipinski definition) is 0. The van der Waals surface area contributed by atoms with E-state index >= 15 is 0 Å². The lowest BCUT2D eigenvalue weighted by Crippen LogP contribution is -2.32. The van der Waals surface area contributed by atoms with Gasteiger partial charge in [-0.2, -0.15) is 0 Å². The molecule has 4 aromatic rings. The third-order valence-corrected chi connectivity index (χ3v) is 6.21. The molecule has 2 aromatic carbocycles. The Hall–Kier alpha value is -3.91. The number of methoxy groups -OCH3 is 1. The van der Waals surface area contributed by atoms with Crippen LogP contribution in [0.2, 0.25) is 5.02 Å². The smallest absolute Gasteiger partial charge is 0.262 e. The maximum absolute atomic E-state index is 14.0. The van der Waals surface area contributed by atoms with Crippen molar-refractivity contribution in [1.29, 1.82) is 0 Å². The Labute approximate surface area is 205 Å². The molecule has 0 saturated carbocycles. The summed E-state index contributed by atoms with van der Waals surface area (Å²) in [7, 11) is 1.50. The van der Waals surface area contributed by atoms with Crippen molar-refractivity contribution in [2.75, 3.05) is 13.7 Å². The molecular formula is C26H21ClFN3O4. The molecule has 178 valence electrons. The number of carbonyl (C=O) groups is 1. The van der Waals surface area contributed by atoms with E-state index in [1.54, 1.807) is 29.1 Å². The second-order valence-corrected chi connectivity index (χ2v) is 8.69. The summed E-state index contributed by atoms with van der Waals surface area (Å²) in [6.07, 6.45) is 5.38. The highest BCUT2D eigenvalue weighted by Gasteiger charge is 2.27. The lowest BCUT2D eigenvalue weighted by Gasteiger charge is -2.28. The van der Waals surface area contributed by atoms with Crippen molar-refractivity contribution >= 4 is 17.4 Å². The van der Waals surface area contributed by atoms with Crippen molar-refractivity contribution in [3.8, 4) is 17.2 Å². The van der Waals surface area contributed by atoms with Crippen molar-refractivity contribution in [3.05, 3.63) is 105 Å². The van der Waals surface area contributed by atoms with Crippen LogP contribution in [0.1, 0.15) is 39.6 Å². The second-order valence-electron chi connectivity index (χ2n) is 8.26. The number of aryl methyl sites for hydroxylation is 1. The van der Waals surface area contributed by atoms with Crippen molar-refractivity contribution in [2.45, 2.75) is 19.4 Å². The molecule has 7 nitrogen and oxygen atoms in total. The van der Waals surface area contributed by atoms with E-state index in [1.165, 1.54) is 42.1 Å². The normalized spacial score (nSPS) is 14.8. The third-order valence-electron chi connectivity index (χ3n) is 6.00. The van der Waals surface area contributed by atoms with Crippen LogP contribution in [0, 0.1) is 12.7 Å². The standard InChI is InChI=1S/C26H21ClFN3O4/c1-15-12-30(14-29-15)22-5-3-16(9-24(22)34-2)25(32)20-10-17(27)13-31(26(20)33)21-7-8-35-23-6-4-18(28)11-19(21)23/h3-6,9-14,21H,7-8H2,1-2H3.